The molecular formula is C4H7OY-. The first-order chi connectivity index (χ1) is 2.27. The molecule has 0 aromatic carbocycles. The van der Waals surface area contributed by atoms with E-state index in [4.69, 9.17) is 0 Å². The van der Waals surface area contributed by atoms with Gasteiger partial charge in [0.1, 0.15) is 0 Å². The molecule has 2 heteroatoms. The minimum Gasteiger partial charge on any atom is -0.336 e. The van der Waals surface area contributed by atoms with Crippen molar-refractivity contribution >= 4 is 5.78 Å². The van der Waals surface area contributed by atoms with Gasteiger partial charge >= 0.3 is 0 Å². The van der Waals surface area contributed by atoms with E-state index in [9.17, 15) is 4.79 Å². The Hall–Kier alpha value is 0.774. The van der Waals surface area contributed by atoms with Gasteiger partial charge in [0.25, 0.3) is 0 Å². The van der Waals surface area contributed by atoms with Crippen molar-refractivity contribution in [1.82, 2.24) is 0 Å². The van der Waals surface area contributed by atoms with Crippen LogP contribution in [0, 0.1) is 6.92 Å². The molecule has 0 aromatic rings. The number of rotatable bonds is 1. The number of ketones is 1. The fraction of sp³-hybridized carbons (Fsp3) is 0.500. The van der Waals surface area contributed by atoms with Crippen LogP contribution in [0.2, 0.25) is 0 Å². The molecule has 0 aliphatic heterocycles. The van der Waals surface area contributed by atoms with E-state index in [1.807, 2.05) is 0 Å². The van der Waals surface area contributed by atoms with Crippen LogP contribution in [-0.4, -0.2) is 5.78 Å². The summed E-state index contributed by atoms with van der Waals surface area (Å²) in [5.41, 5.74) is 0. The van der Waals surface area contributed by atoms with Crippen molar-refractivity contribution in [2.24, 2.45) is 0 Å². The molecule has 0 amide bonds. The van der Waals surface area contributed by atoms with Gasteiger partial charge < -0.3 is 11.7 Å². The fourth-order valence-electron chi connectivity index (χ4n) is 0. The second-order valence-electron chi connectivity index (χ2n) is 0.952. The number of hydrogen-bond donors (Lipinski definition) is 0. The van der Waals surface area contributed by atoms with Gasteiger partial charge in [-0.05, 0) is 6.92 Å². The molecular weight excluding hydrogens is 153 g/mol. The zero-order valence-corrected chi connectivity index (χ0v) is 6.74. The summed E-state index contributed by atoms with van der Waals surface area (Å²) in [6.07, 6.45) is 0.417. The molecule has 0 heterocycles. The first-order valence-electron chi connectivity index (χ1n) is 1.56. The van der Waals surface area contributed by atoms with Crippen molar-refractivity contribution in [2.45, 2.75) is 13.3 Å². The van der Waals surface area contributed by atoms with Crippen molar-refractivity contribution < 1.29 is 37.5 Å². The molecule has 1 radical (unpaired) electrons. The van der Waals surface area contributed by atoms with E-state index in [1.54, 1.807) is 0 Å². The van der Waals surface area contributed by atoms with Gasteiger partial charge in [0, 0.05) is 32.7 Å². The van der Waals surface area contributed by atoms with E-state index in [0.717, 1.165) is 0 Å². The van der Waals surface area contributed by atoms with Gasteiger partial charge in [-0.2, -0.15) is 0 Å². The molecule has 0 unspecified atom stereocenters. The Balaban J connectivity index is 0. The second-order valence-corrected chi connectivity index (χ2v) is 0.952. The quantitative estimate of drug-likeness (QED) is 0.518. The van der Waals surface area contributed by atoms with Crippen molar-refractivity contribution in [3.63, 3.8) is 0 Å². The SMILES string of the molecule is [CH2-]CC(C)=O.[Y]. The maximum Gasteiger partial charge on any atom is 0.0998 e. The van der Waals surface area contributed by atoms with Crippen molar-refractivity contribution in [3.8, 4) is 0 Å². The molecule has 0 rings (SSSR count). The molecule has 0 N–H and O–H groups in total. The van der Waals surface area contributed by atoms with Crippen molar-refractivity contribution in [3.05, 3.63) is 6.92 Å². The maximum atomic E-state index is 9.75. The van der Waals surface area contributed by atoms with Gasteiger partial charge in [0.2, 0.25) is 0 Å². The third-order valence-electron chi connectivity index (χ3n) is 0.352. The monoisotopic (exact) mass is 160 g/mol. The van der Waals surface area contributed by atoms with Gasteiger partial charge in [-0.1, -0.05) is 0 Å². The van der Waals surface area contributed by atoms with E-state index in [1.165, 1.54) is 6.92 Å². The number of Topliss-reactive ketones (excluding diaryl/α,β-unsaturated/α-hetero) is 1. The standard InChI is InChI=1S/C4H7O.Y/c1-3-4(2)5;/h1,3H2,2H3;/q-1;. The van der Waals surface area contributed by atoms with Gasteiger partial charge in [0.15, 0.2) is 0 Å². The largest absolute Gasteiger partial charge is 0.336 e. The number of carbonyl (C=O) groups is 1. The topological polar surface area (TPSA) is 17.1 Å². The molecule has 0 spiro atoms. The first-order valence-corrected chi connectivity index (χ1v) is 1.56. The van der Waals surface area contributed by atoms with E-state index in [2.05, 4.69) is 6.92 Å². The van der Waals surface area contributed by atoms with Gasteiger partial charge in [0.05, 0.1) is 5.78 Å². The van der Waals surface area contributed by atoms with Crippen LogP contribution >= 0.6 is 0 Å². The zero-order chi connectivity index (χ0) is 4.28. The van der Waals surface area contributed by atoms with Crippen LogP contribution in [0.15, 0.2) is 0 Å². The Morgan fingerprint density at radius 3 is 2.00 bits per heavy atom. The smallest absolute Gasteiger partial charge is 0.0998 e. The fourth-order valence-corrected chi connectivity index (χ4v) is 0. The van der Waals surface area contributed by atoms with E-state index in [-0.39, 0.29) is 38.5 Å². The van der Waals surface area contributed by atoms with Gasteiger partial charge in [-0.3, -0.25) is 0 Å². The van der Waals surface area contributed by atoms with Gasteiger partial charge in [-0.25, -0.2) is 0 Å². The predicted octanol–water partition coefficient (Wildman–Crippen LogP) is 0.797. The van der Waals surface area contributed by atoms with Crippen LogP contribution in [0.3, 0.4) is 0 Å². The third-order valence-corrected chi connectivity index (χ3v) is 0.352. The molecule has 0 aliphatic rings. The Bertz CT molecular complexity index is 42.8. The Morgan fingerprint density at radius 2 is 2.00 bits per heavy atom. The zero-order valence-electron chi connectivity index (χ0n) is 3.90. The van der Waals surface area contributed by atoms with Crippen LogP contribution in [0.25, 0.3) is 0 Å². The van der Waals surface area contributed by atoms with Crippen LogP contribution in [0.5, 0.6) is 0 Å². The Kier molecular flexibility index (Phi) is 9.54. The summed E-state index contributed by atoms with van der Waals surface area (Å²) in [6.45, 7) is 4.86. The van der Waals surface area contributed by atoms with E-state index >= 15 is 0 Å². The minimum absolute atomic E-state index is 0. The average Bonchev–Trinajstić information content (AvgIpc) is 1.38. The van der Waals surface area contributed by atoms with Crippen LogP contribution in [-0.2, 0) is 37.5 Å². The average molecular weight is 160 g/mol. The summed E-state index contributed by atoms with van der Waals surface area (Å²) in [6, 6.07) is 0. The van der Waals surface area contributed by atoms with Crippen molar-refractivity contribution in [1.29, 1.82) is 0 Å². The molecule has 0 saturated carbocycles. The molecule has 1 nitrogen and oxygen atoms in total. The third kappa shape index (κ3) is 8.84. The summed E-state index contributed by atoms with van der Waals surface area (Å²) in [5.74, 6) is 0.144. The van der Waals surface area contributed by atoms with Crippen LogP contribution < -0.4 is 0 Å². The maximum absolute atomic E-state index is 9.75. The summed E-state index contributed by atoms with van der Waals surface area (Å²) < 4.78 is 0. The summed E-state index contributed by atoms with van der Waals surface area (Å²) in [5, 5.41) is 0. The van der Waals surface area contributed by atoms with Gasteiger partial charge in [-0.15, -0.1) is 6.42 Å². The molecule has 0 aliphatic carbocycles. The summed E-state index contributed by atoms with van der Waals surface area (Å²) >= 11 is 0. The molecule has 33 valence electrons. The van der Waals surface area contributed by atoms with Crippen LogP contribution in [0.4, 0.5) is 0 Å². The Morgan fingerprint density at radius 1 is 1.83 bits per heavy atom. The number of hydrogen-bond acceptors (Lipinski definition) is 1. The Labute approximate surface area is 63.4 Å². The molecule has 0 aromatic heterocycles. The molecule has 0 fully saturated rings. The van der Waals surface area contributed by atoms with E-state index in [0.29, 0.717) is 6.42 Å². The molecule has 0 bridgehead atoms. The minimum atomic E-state index is 0. The predicted molar refractivity (Wildman–Crippen MR) is 20.7 cm³/mol. The summed E-state index contributed by atoms with van der Waals surface area (Å²) in [4.78, 5) is 9.75. The first kappa shape index (κ1) is 9.91. The van der Waals surface area contributed by atoms with Crippen LogP contribution in [0.1, 0.15) is 13.3 Å². The van der Waals surface area contributed by atoms with E-state index < -0.39 is 0 Å². The van der Waals surface area contributed by atoms with Crippen molar-refractivity contribution in [2.75, 3.05) is 0 Å². The molecule has 0 atom stereocenters. The molecule has 0 saturated heterocycles. The molecule has 6 heavy (non-hydrogen) atoms. The summed E-state index contributed by atoms with van der Waals surface area (Å²) in [7, 11) is 0. The second kappa shape index (κ2) is 5.77. The normalized spacial score (nSPS) is 6.33. The number of carbonyl (C=O) groups excluding carboxylic acids is 1.